The first kappa shape index (κ1) is 21.7. The van der Waals surface area contributed by atoms with Gasteiger partial charge in [0.2, 0.25) is 0 Å². The van der Waals surface area contributed by atoms with Crippen molar-refractivity contribution in [3.05, 3.63) is 71.4 Å². The molecule has 34 heavy (non-hydrogen) atoms. The Morgan fingerprint density at radius 3 is 2.32 bits per heavy atom. The van der Waals surface area contributed by atoms with Crippen molar-refractivity contribution in [3.63, 3.8) is 0 Å². The van der Waals surface area contributed by atoms with E-state index in [1.165, 1.54) is 6.07 Å². The number of carboxylic acids is 1. The number of ether oxygens (including phenoxy) is 1. The van der Waals surface area contributed by atoms with Crippen LogP contribution in [0.15, 0.2) is 54.6 Å². The molecule has 1 unspecified atom stereocenters. The van der Waals surface area contributed by atoms with Crippen LogP contribution in [0, 0.1) is 5.92 Å². The largest absolute Gasteiger partial charge is 0.480 e. The maximum atomic E-state index is 12.4. The number of H-pyrrole nitrogens is 1. The molecule has 1 aromatic heterocycles. The van der Waals surface area contributed by atoms with Crippen molar-refractivity contribution in [1.82, 2.24) is 15.5 Å². The van der Waals surface area contributed by atoms with E-state index < -0.39 is 24.0 Å². The highest BCUT2D eigenvalue weighted by Crippen LogP contribution is 2.44. The van der Waals surface area contributed by atoms with E-state index in [-0.39, 0.29) is 24.0 Å². The topological polar surface area (TPSA) is 133 Å². The molecule has 0 radical (unpaired) electrons. The Balaban J connectivity index is 1.18. The smallest absolute Gasteiger partial charge is 0.412 e. The number of aliphatic carboxylic acids is 1. The Bertz CT molecular complexity index is 1200. The standard InChI is InChI=1S/C25H24N4O5/c30-23(26-21(24(31)32)11-14-9-10-14)20-12-22(29-28-20)27-25(33)34-13-19-17-7-3-1-5-15(17)16-6-2-4-8-18(16)19/h1-8,12,14,19,21H,9-11,13H2,(H,26,30)(H,31,32)(H2,27,28,29,33). The Morgan fingerprint density at radius 1 is 1.06 bits per heavy atom. The van der Waals surface area contributed by atoms with Crippen LogP contribution in [0.3, 0.4) is 0 Å². The van der Waals surface area contributed by atoms with Gasteiger partial charge in [-0.1, -0.05) is 61.4 Å². The lowest BCUT2D eigenvalue weighted by Gasteiger charge is -2.14. The van der Waals surface area contributed by atoms with Gasteiger partial charge < -0.3 is 15.2 Å². The first-order valence-electron chi connectivity index (χ1n) is 11.2. The molecular formula is C25H24N4O5. The quantitative estimate of drug-likeness (QED) is 0.405. The number of benzene rings is 2. The van der Waals surface area contributed by atoms with Crippen LogP contribution in [0.25, 0.3) is 11.1 Å². The number of hydrogen-bond acceptors (Lipinski definition) is 5. The zero-order valence-corrected chi connectivity index (χ0v) is 18.3. The van der Waals surface area contributed by atoms with E-state index in [0.717, 1.165) is 35.1 Å². The third-order valence-electron chi connectivity index (χ3n) is 6.27. The van der Waals surface area contributed by atoms with Crippen molar-refractivity contribution in [2.45, 2.75) is 31.2 Å². The number of anilines is 1. The number of carbonyl (C=O) groups is 3. The van der Waals surface area contributed by atoms with Crippen LogP contribution in [-0.2, 0) is 9.53 Å². The molecule has 0 aliphatic heterocycles. The van der Waals surface area contributed by atoms with E-state index in [4.69, 9.17) is 4.74 Å². The Kier molecular flexibility index (Phi) is 5.75. The SMILES string of the molecule is O=C(Nc1cc(C(=O)NC(CC2CC2)C(=O)O)[nH]n1)OCC1c2ccccc2-c2ccccc21. The van der Waals surface area contributed by atoms with Gasteiger partial charge in [0.15, 0.2) is 5.82 Å². The van der Waals surface area contributed by atoms with Crippen LogP contribution < -0.4 is 10.6 Å². The zero-order valence-electron chi connectivity index (χ0n) is 18.3. The lowest BCUT2D eigenvalue weighted by Crippen LogP contribution is -2.41. The summed E-state index contributed by atoms with van der Waals surface area (Å²) in [5, 5.41) is 20.8. The van der Waals surface area contributed by atoms with E-state index in [1.54, 1.807) is 0 Å². The highest BCUT2D eigenvalue weighted by molar-refractivity contribution is 5.96. The molecule has 0 spiro atoms. The van der Waals surface area contributed by atoms with Crippen LogP contribution >= 0.6 is 0 Å². The molecule has 3 aromatic rings. The fourth-order valence-corrected chi connectivity index (χ4v) is 4.39. The molecule has 0 saturated heterocycles. The van der Waals surface area contributed by atoms with Crippen LogP contribution in [0.4, 0.5) is 10.6 Å². The van der Waals surface area contributed by atoms with Crippen LogP contribution in [0.5, 0.6) is 0 Å². The van der Waals surface area contributed by atoms with E-state index in [0.29, 0.717) is 12.3 Å². The Labute approximate surface area is 195 Å². The number of fused-ring (bicyclic) bond motifs is 3. The molecule has 174 valence electrons. The predicted molar refractivity (Wildman–Crippen MR) is 124 cm³/mol. The molecule has 0 bridgehead atoms. The molecule has 1 heterocycles. The van der Waals surface area contributed by atoms with E-state index >= 15 is 0 Å². The van der Waals surface area contributed by atoms with Gasteiger partial charge in [-0.2, -0.15) is 5.10 Å². The van der Waals surface area contributed by atoms with Crippen molar-refractivity contribution in [2.75, 3.05) is 11.9 Å². The molecule has 9 nitrogen and oxygen atoms in total. The molecule has 4 N–H and O–H groups in total. The summed E-state index contributed by atoms with van der Waals surface area (Å²) in [6, 6.07) is 16.5. The molecule has 2 amide bonds. The first-order valence-corrected chi connectivity index (χ1v) is 11.2. The van der Waals surface area contributed by atoms with Gasteiger partial charge in [0.1, 0.15) is 18.3 Å². The molecule has 9 heteroatoms. The highest BCUT2D eigenvalue weighted by Gasteiger charge is 2.31. The first-order chi connectivity index (χ1) is 16.5. The average Bonchev–Trinajstić information content (AvgIpc) is 3.43. The number of carbonyl (C=O) groups excluding carboxylic acids is 2. The third kappa shape index (κ3) is 4.50. The fraction of sp³-hybridized carbons (Fsp3) is 0.280. The summed E-state index contributed by atoms with van der Waals surface area (Å²) >= 11 is 0. The van der Waals surface area contributed by atoms with Gasteiger partial charge in [0.25, 0.3) is 5.91 Å². The third-order valence-corrected chi connectivity index (χ3v) is 6.27. The number of nitrogens with zero attached hydrogens (tertiary/aromatic N) is 1. The summed E-state index contributed by atoms with van der Waals surface area (Å²) in [6.07, 6.45) is 1.67. The molecule has 1 fully saturated rings. The monoisotopic (exact) mass is 460 g/mol. The summed E-state index contributed by atoms with van der Waals surface area (Å²) in [5.41, 5.74) is 4.53. The van der Waals surface area contributed by atoms with Crippen LogP contribution in [0.1, 0.15) is 46.8 Å². The summed E-state index contributed by atoms with van der Waals surface area (Å²) in [6.45, 7) is 0.152. The molecule has 2 aliphatic rings. The second kappa shape index (κ2) is 9.01. The molecular weight excluding hydrogens is 436 g/mol. The van der Waals surface area contributed by atoms with Gasteiger partial charge in [0.05, 0.1) is 0 Å². The van der Waals surface area contributed by atoms with Crippen molar-refractivity contribution in [1.29, 1.82) is 0 Å². The van der Waals surface area contributed by atoms with Gasteiger partial charge >= 0.3 is 12.1 Å². The normalized spacial score (nSPS) is 15.2. The van der Waals surface area contributed by atoms with Gasteiger partial charge in [-0.05, 0) is 34.6 Å². The number of carboxylic acid groups (broad SMARTS) is 1. The molecule has 2 aromatic carbocycles. The van der Waals surface area contributed by atoms with E-state index in [2.05, 4.69) is 33.0 Å². The number of nitrogens with one attached hydrogen (secondary N) is 3. The maximum absolute atomic E-state index is 12.4. The van der Waals surface area contributed by atoms with Crippen molar-refractivity contribution in [3.8, 4) is 11.1 Å². The van der Waals surface area contributed by atoms with Crippen LogP contribution in [0.2, 0.25) is 0 Å². The average molecular weight is 460 g/mol. The summed E-state index contributed by atoms with van der Waals surface area (Å²) in [4.78, 5) is 36.2. The van der Waals surface area contributed by atoms with Gasteiger partial charge in [-0.25, -0.2) is 9.59 Å². The Morgan fingerprint density at radius 2 is 1.71 bits per heavy atom. The lowest BCUT2D eigenvalue weighted by atomic mass is 9.98. The zero-order chi connectivity index (χ0) is 23.7. The van der Waals surface area contributed by atoms with Crippen molar-refractivity contribution >= 4 is 23.8 Å². The number of rotatable bonds is 8. The molecule has 2 aliphatic carbocycles. The number of hydrogen-bond donors (Lipinski definition) is 4. The minimum Gasteiger partial charge on any atom is -0.480 e. The predicted octanol–water partition coefficient (Wildman–Crippen LogP) is 3.75. The summed E-state index contributed by atoms with van der Waals surface area (Å²) in [7, 11) is 0. The lowest BCUT2D eigenvalue weighted by molar-refractivity contribution is -0.139. The Hall–Kier alpha value is -4.14. The minimum atomic E-state index is -1.07. The van der Waals surface area contributed by atoms with Gasteiger partial charge in [0, 0.05) is 12.0 Å². The van der Waals surface area contributed by atoms with Crippen molar-refractivity contribution in [2.24, 2.45) is 5.92 Å². The highest BCUT2D eigenvalue weighted by atomic mass is 16.5. The maximum Gasteiger partial charge on any atom is 0.412 e. The molecule has 1 saturated carbocycles. The van der Waals surface area contributed by atoms with Gasteiger partial charge in [-0.3, -0.25) is 15.2 Å². The summed E-state index contributed by atoms with van der Waals surface area (Å²) in [5.74, 6) is -1.29. The minimum absolute atomic E-state index is 0.0518. The van der Waals surface area contributed by atoms with Crippen LogP contribution in [-0.4, -0.2) is 45.9 Å². The summed E-state index contributed by atoms with van der Waals surface area (Å²) < 4.78 is 5.48. The molecule has 5 rings (SSSR count). The fourth-order valence-electron chi connectivity index (χ4n) is 4.39. The second-order valence-electron chi connectivity index (χ2n) is 8.66. The van der Waals surface area contributed by atoms with Crippen molar-refractivity contribution < 1.29 is 24.2 Å². The number of aromatic nitrogens is 2. The second-order valence-corrected chi connectivity index (χ2v) is 8.66. The van der Waals surface area contributed by atoms with E-state index in [1.807, 2.05) is 36.4 Å². The van der Waals surface area contributed by atoms with Gasteiger partial charge in [-0.15, -0.1) is 0 Å². The van der Waals surface area contributed by atoms with E-state index in [9.17, 15) is 19.5 Å². The number of aromatic amines is 1. The molecule has 1 atom stereocenters. The number of amides is 2.